The number of hydrogen-bond acceptors (Lipinski definition) is 3. The van der Waals surface area contributed by atoms with Crippen molar-refractivity contribution in [2.75, 3.05) is 26.3 Å². The van der Waals surface area contributed by atoms with Crippen LogP contribution in [0.15, 0.2) is 0 Å². The summed E-state index contributed by atoms with van der Waals surface area (Å²) >= 11 is 0. The Morgan fingerprint density at radius 3 is 2.71 bits per heavy atom. The Kier molecular flexibility index (Phi) is 5.49. The second-order valence-electron chi connectivity index (χ2n) is 7.26. The fraction of sp³-hybridized carbons (Fsp3) is 0.938. The minimum atomic E-state index is -0.414. The Labute approximate surface area is 128 Å². The van der Waals surface area contributed by atoms with Gasteiger partial charge in [-0.3, -0.25) is 0 Å². The topological polar surface area (TPSA) is 61.8 Å². The molecule has 2 aliphatic rings. The van der Waals surface area contributed by atoms with E-state index in [1.165, 1.54) is 19.3 Å². The van der Waals surface area contributed by atoms with E-state index in [0.717, 1.165) is 6.54 Å². The highest BCUT2D eigenvalue weighted by atomic mass is 16.5. The first-order valence-corrected chi connectivity index (χ1v) is 8.22. The largest absolute Gasteiger partial charge is 0.393 e. The molecule has 0 bridgehead atoms. The molecule has 21 heavy (non-hydrogen) atoms. The van der Waals surface area contributed by atoms with Crippen LogP contribution >= 0.6 is 0 Å². The Hall–Kier alpha value is -0.810. The van der Waals surface area contributed by atoms with Crippen LogP contribution in [0.3, 0.4) is 0 Å². The van der Waals surface area contributed by atoms with Crippen LogP contribution in [0.5, 0.6) is 0 Å². The molecule has 1 saturated heterocycles. The Balaban J connectivity index is 1.83. The van der Waals surface area contributed by atoms with Crippen LogP contribution in [-0.4, -0.2) is 54.5 Å². The summed E-state index contributed by atoms with van der Waals surface area (Å²) in [4.78, 5) is 14.3. The maximum absolute atomic E-state index is 12.4. The highest BCUT2D eigenvalue weighted by molar-refractivity contribution is 5.74. The van der Waals surface area contributed by atoms with Gasteiger partial charge in [0.05, 0.1) is 25.4 Å². The average Bonchev–Trinajstić information content (AvgIpc) is 3.15. The van der Waals surface area contributed by atoms with Gasteiger partial charge < -0.3 is 20.1 Å². The number of nitrogens with zero attached hydrogens (tertiary/aromatic N) is 1. The second-order valence-corrected chi connectivity index (χ2v) is 7.26. The summed E-state index contributed by atoms with van der Waals surface area (Å²) in [7, 11) is 0. The lowest BCUT2D eigenvalue weighted by Gasteiger charge is -2.36. The molecule has 1 aliphatic heterocycles. The maximum Gasteiger partial charge on any atom is 0.317 e. The van der Waals surface area contributed by atoms with Gasteiger partial charge in [0.25, 0.3) is 0 Å². The third-order valence-electron chi connectivity index (χ3n) is 4.51. The van der Waals surface area contributed by atoms with E-state index in [1.807, 2.05) is 4.90 Å². The zero-order valence-corrected chi connectivity index (χ0v) is 13.6. The zero-order valence-electron chi connectivity index (χ0n) is 13.6. The number of hydrogen-bond donors (Lipinski definition) is 2. The van der Waals surface area contributed by atoms with E-state index in [1.54, 1.807) is 6.92 Å². The van der Waals surface area contributed by atoms with Crippen LogP contribution < -0.4 is 5.32 Å². The van der Waals surface area contributed by atoms with E-state index >= 15 is 0 Å². The van der Waals surface area contributed by atoms with Gasteiger partial charge in [-0.25, -0.2) is 4.79 Å². The number of morpholine rings is 1. The minimum absolute atomic E-state index is 0.000943. The van der Waals surface area contributed by atoms with Crippen molar-refractivity contribution in [1.82, 2.24) is 10.2 Å². The standard InChI is InChI=1S/C16H30N2O3/c1-12(2)9-16(4-5-16)11-17-15(20)18-6-7-21-10-14(18)8-13(3)19/h12-14,19H,4-11H2,1-3H3,(H,17,20)/t13-,14+/m1/s1. The summed E-state index contributed by atoms with van der Waals surface area (Å²) in [5.74, 6) is 0.677. The number of carbonyl (C=O) groups excluding carboxylic acids is 1. The van der Waals surface area contributed by atoms with Crippen LogP contribution in [0.1, 0.15) is 46.5 Å². The van der Waals surface area contributed by atoms with E-state index in [4.69, 9.17) is 4.74 Å². The number of aliphatic hydroxyl groups excluding tert-OH is 1. The monoisotopic (exact) mass is 298 g/mol. The molecule has 0 spiro atoms. The van der Waals surface area contributed by atoms with Gasteiger partial charge in [0.15, 0.2) is 0 Å². The maximum atomic E-state index is 12.4. The van der Waals surface area contributed by atoms with Crippen molar-refractivity contribution in [3.8, 4) is 0 Å². The number of carbonyl (C=O) groups is 1. The van der Waals surface area contributed by atoms with E-state index in [0.29, 0.717) is 37.5 Å². The van der Waals surface area contributed by atoms with Crippen molar-refractivity contribution < 1.29 is 14.6 Å². The summed E-state index contributed by atoms with van der Waals surface area (Å²) in [5, 5.41) is 12.7. The van der Waals surface area contributed by atoms with Gasteiger partial charge in [-0.1, -0.05) is 13.8 Å². The van der Waals surface area contributed by atoms with Crippen molar-refractivity contribution >= 4 is 6.03 Å². The zero-order chi connectivity index (χ0) is 15.5. The molecule has 2 amide bonds. The molecule has 2 fully saturated rings. The van der Waals surface area contributed by atoms with Gasteiger partial charge in [-0.2, -0.15) is 0 Å². The third kappa shape index (κ3) is 4.85. The summed E-state index contributed by atoms with van der Waals surface area (Å²) in [6.45, 7) is 8.73. The summed E-state index contributed by atoms with van der Waals surface area (Å²) in [6, 6.07) is -0.0158. The molecule has 1 heterocycles. The number of amides is 2. The molecule has 2 rings (SSSR count). The third-order valence-corrected chi connectivity index (χ3v) is 4.51. The van der Waals surface area contributed by atoms with Gasteiger partial charge in [-0.05, 0) is 43.9 Å². The number of aliphatic hydroxyl groups is 1. The van der Waals surface area contributed by atoms with Crippen molar-refractivity contribution in [3.05, 3.63) is 0 Å². The average molecular weight is 298 g/mol. The van der Waals surface area contributed by atoms with E-state index < -0.39 is 6.10 Å². The molecular formula is C16H30N2O3. The predicted molar refractivity (Wildman–Crippen MR) is 82.1 cm³/mol. The number of ether oxygens (including phenoxy) is 1. The van der Waals surface area contributed by atoms with E-state index in [-0.39, 0.29) is 12.1 Å². The Morgan fingerprint density at radius 1 is 1.43 bits per heavy atom. The molecule has 5 heteroatoms. The number of urea groups is 1. The fourth-order valence-corrected chi connectivity index (χ4v) is 3.37. The highest BCUT2D eigenvalue weighted by Gasteiger charge is 2.43. The first kappa shape index (κ1) is 16.6. The molecule has 0 radical (unpaired) electrons. The first-order valence-electron chi connectivity index (χ1n) is 8.22. The van der Waals surface area contributed by atoms with Gasteiger partial charge in [0.2, 0.25) is 0 Å². The molecule has 0 aromatic rings. The predicted octanol–water partition coefficient (Wildman–Crippen LogP) is 1.99. The molecule has 1 saturated carbocycles. The van der Waals surface area contributed by atoms with Crippen molar-refractivity contribution in [3.63, 3.8) is 0 Å². The van der Waals surface area contributed by atoms with Gasteiger partial charge in [0.1, 0.15) is 0 Å². The second kappa shape index (κ2) is 6.97. The van der Waals surface area contributed by atoms with Crippen LogP contribution in [0.4, 0.5) is 4.79 Å². The fourth-order valence-electron chi connectivity index (χ4n) is 3.37. The van der Waals surface area contributed by atoms with Crippen LogP contribution in [0.25, 0.3) is 0 Å². The van der Waals surface area contributed by atoms with Crippen LogP contribution in [0.2, 0.25) is 0 Å². The molecule has 2 N–H and O–H groups in total. The molecular weight excluding hydrogens is 268 g/mol. The Bertz CT molecular complexity index is 353. The van der Waals surface area contributed by atoms with Gasteiger partial charge >= 0.3 is 6.03 Å². The quantitative estimate of drug-likeness (QED) is 0.788. The van der Waals surface area contributed by atoms with Crippen LogP contribution in [-0.2, 0) is 4.74 Å². The molecule has 2 atom stereocenters. The first-order chi connectivity index (χ1) is 9.92. The lowest BCUT2D eigenvalue weighted by Crippen LogP contribution is -2.54. The molecule has 0 unspecified atom stereocenters. The number of nitrogens with one attached hydrogen (secondary N) is 1. The van der Waals surface area contributed by atoms with Crippen molar-refractivity contribution in [1.29, 1.82) is 0 Å². The molecule has 5 nitrogen and oxygen atoms in total. The SMILES string of the molecule is CC(C)CC1(CNC(=O)N2CCOC[C@@H]2C[C@@H](C)O)CC1. The van der Waals surface area contributed by atoms with Gasteiger partial charge in [-0.15, -0.1) is 0 Å². The summed E-state index contributed by atoms with van der Waals surface area (Å²) in [6.07, 6.45) is 3.80. The summed E-state index contributed by atoms with van der Waals surface area (Å²) < 4.78 is 5.44. The van der Waals surface area contributed by atoms with Crippen LogP contribution in [0, 0.1) is 11.3 Å². The van der Waals surface area contributed by atoms with E-state index in [9.17, 15) is 9.90 Å². The molecule has 0 aromatic heterocycles. The normalized spacial score (nSPS) is 25.8. The summed E-state index contributed by atoms with van der Waals surface area (Å²) in [5.41, 5.74) is 0.343. The van der Waals surface area contributed by atoms with Gasteiger partial charge in [0, 0.05) is 13.1 Å². The lowest BCUT2D eigenvalue weighted by molar-refractivity contribution is -0.00455. The van der Waals surface area contributed by atoms with E-state index in [2.05, 4.69) is 19.2 Å². The Morgan fingerprint density at radius 2 is 2.14 bits per heavy atom. The molecule has 0 aromatic carbocycles. The smallest absolute Gasteiger partial charge is 0.317 e. The minimum Gasteiger partial charge on any atom is -0.393 e. The highest BCUT2D eigenvalue weighted by Crippen LogP contribution is 2.50. The lowest BCUT2D eigenvalue weighted by atomic mass is 9.94. The molecule has 1 aliphatic carbocycles. The van der Waals surface area contributed by atoms with Crippen molar-refractivity contribution in [2.45, 2.75) is 58.6 Å². The molecule has 122 valence electrons. The van der Waals surface area contributed by atoms with Crippen molar-refractivity contribution in [2.24, 2.45) is 11.3 Å². The number of rotatable bonds is 6.